The van der Waals surface area contributed by atoms with Gasteiger partial charge in [-0.1, -0.05) is 17.4 Å². The number of ether oxygens (including phenoxy) is 1. The molecule has 1 unspecified atom stereocenters. The molecule has 1 atom stereocenters. The predicted octanol–water partition coefficient (Wildman–Crippen LogP) is 3.59. The summed E-state index contributed by atoms with van der Waals surface area (Å²) in [6.45, 7) is 2.94. The van der Waals surface area contributed by atoms with Crippen molar-refractivity contribution in [1.29, 1.82) is 0 Å². The minimum Gasteiger partial charge on any atom is -0.442 e. The Morgan fingerprint density at radius 3 is 2.74 bits per heavy atom. The molecule has 0 radical (unpaired) electrons. The first kappa shape index (κ1) is 24.3. The summed E-state index contributed by atoms with van der Waals surface area (Å²) >= 11 is 6.23. The van der Waals surface area contributed by atoms with Gasteiger partial charge in [0.1, 0.15) is 11.9 Å². The molecule has 2 saturated heterocycles. The highest BCUT2D eigenvalue weighted by Crippen LogP contribution is 2.34. The number of carbonyl (C=O) groups excluding carboxylic acids is 1. The van der Waals surface area contributed by atoms with E-state index in [0.29, 0.717) is 36.0 Å². The van der Waals surface area contributed by atoms with Gasteiger partial charge in [0.25, 0.3) is 0 Å². The van der Waals surface area contributed by atoms with E-state index in [0.717, 1.165) is 30.8 Å². The molecular weight excluding hydrogens is 481 g/mol. The molecule has 0 spiro atoms. The number of anilines is 1. The van der Waals surface area contributed by atoms with Crippen LogP contribution in [0.2, 0.25) is 0 Å². The van der Waals surface area contributed by atoms with Gasteiger partial charge >= 0.3 is 11.1 Å². The Morgan fingerprint density at radius 2 is 2.09 bits per heavy atom. The van der Waals surface area contributed by atoms with E-state index in [1.807, 2.05) is 0 Å². The van der Waals surface area contributed by atoms with Crippen LogP contribution in [0.15, 0.2) is 30.3 Å². The van der Waals surface area contributed by atoms with Gasteiger partial charge in [0.2, 0.25) is 0 Å². The van der Waals surface area contributed by atoms with Gasteiger partial charge in [-0.05, 0) is 67.8 Å². The van der Waals surface area contributed by atoms with Gasteiger partial charge in [0.05, 0.1) is 23.7 Å². The van der Waals surface area contributed by atoms with Crippen molar-refractivity contribution in [2.45, 2.75) is 31.4 Å². The summed E-state index contributed by atoms with van der Waals surface area (Å²) in [5.74, 6) is -0.233. The molecule has 0 bridgehead atoms. The first-order valence-corrected chi connectivity index (χ1v) is 12.2. The number of nitro groups is 1. The minimum absolute atomic E-state index is 0.0907. The first-order chi connectivity index (χ1) is 16.3. The number of hydrogen-bond acceptors (Lipinski definition) is 7. The monoisotopic (exact) mass is 507 g/mol. The van der Waals surface area contributed by atoms with Crippen LogP contribution >= 0.6 is 23.6 Å². The molecule has 3 heterocycles. The number of cyclic esters (lactones) is 1. The second-order valence-corrected chi connectivity index (χ2v) is 9.88. The van der Waals surface area contributed by atoms with Crippen molar-refractivity contribution >= 4 is 45.4 Å². The summed E-state index contributed by atoms with van der Waals surface area (Å²) in [4.78, 5) is 27.4. The van der Waals surface area contributed by atoms with Crippen molar-refractivity contribution in [3.8, 4) is 0 Å². The molecule has 0 saturated carbocycles. The van der Waals surface area contributed by atoms with E-state index in [4.69, 9.17) is 17.0 Å². The number of amides is 1. The van der Waals surface area contributed by atoms with Gasteiger partial charge in [-0.15, -0.1) is 0 Å². The highest BCUT2D eigenvalue weighted by atomic mass is 32.1. The molecule has 12 heteroatoms. The average molecular weight is 508 g/mol. The van der Waals surface area contributed by atoms with Crippen LogP contribution in [0.25, 0.3) is 0 Å². The SMILES string of the molecule is CNC(=S)NCC1CN(c2ccc(C3CCN(Cc4ccc([N+](=O)[O-])s4)CC3)c(F)c2)C(=O)O1. The molecular formula is C22H26FN5O4S2. The zero-order chi connectivity index (χ0) is 24.2. The Labute approximate surface area is 206 Å². The number of thiocarbonyl (C=S) groups is 1. The molecule has 2 N–H and O–H groups in total. The molecule has 2 aliphatic rings. The van der Waals surface area contributed by atoms with Crippen LogP contribution in [-0.4, -0.2) is 60.4 Å². The van der Waals surface area contributed by atoms with Gasteiger partial charge in [-0.2, -0.15) is 0 Å². The number of benzene rings is 1. The lowest BCUT2D eigenvalue weighted by atomic mass is 9.89. The number of nitrogens with zero attached hydrogens (tertiary/aromatic N) is 3. The number of carbonyl (C=O) groups is 1. The van der Waals surface area contributed by atoms with Crippen LogP contribution in [0.3, 0.4) is 0 Å². The number of rotatable bonds is 7. The fourth-order valence-electron chi connectivity index (χ4n) is 4.32. The fourth-order valence-corrected chi connectivity index (χ4v) is 5.27. The van der Waals surface area contributed by atoms with Crippen LogP contribution in [0.4, 0.5) is 19.9 Å². The zero-order valence-electron chi connectivity index (χ0n) is 18.7. The molecule has 182 valence electrons. The summed E-state index contributed by atoms with van der Waals surface area (Å²) in [6.07, 6.45) is 0.718. The molecule has 2 aliphatic heterocycles. The maximum absolute atomic E-state index is 15.0. The number of piperidine rings is 1. The van der Waals surface area contributed by atoms with Crippen molar-refractivity contribution < 1.29 is 18.8 Å². The van der Waals surface area contributed by atoms with Crippen LogP contribution in [0, 0.1) is 15.9 Å². The van der Waals surface area contributed by atoms with E-state index in [2.05, 4.69) is 15.5 Å². The second kappa shape index (κ2) is 10.6. The number of thiophene rings is 1. The summed E-state index contributed by atoms with van der Waals surface area (Å²) in [6, 6.07) is 8.28. The largest absolute Gasteiger partial charge is 0.442 e. The smallest absolute Gasteiger partial charge is 0.414 e. The average Bonchev–Trinajstić information content (AvgIpc) is 3.44. The van der Waals surface area contributed by atoms with Gasteiger partial charge in [-0.25, -0.2) is 9.18 Å². The molecule has 2 fully saturated rings. The Hall–Kier alpha value is -2.83. The lowest BCUT2D eigenvalue weighted by Crippen LogP contribution is -2.39. The summed E-state index contributed by atoms with van der Waals surface area (Å²) in [5, 5.41) is 17.3. The van der Waals surface area contributed by atoms with Gasteiger partial charge in [-0.3, -0.25) is 19.9 Å². The maximum atomic E-state index is 15.0. The van der Waals surface area contributed by atoms with Gasteiger partial charge < -0.3 is 15.4 Å². The first-order valence-electron chi connectivity index (χ1n) is 11.0. The Kier molecular flexibility index (Phi) is 7.59. The van der Waals surface area contributed by atoms with Gasteiger partial charge in [0.15, 0.2) is 5.11 Å². The molecule has 34 heavy (non-hydrogen) atoms. The molecule has 0 aliphatic carbocycles. The molecule has 1 amide bonds. The zero-order valence-corrected chi connectivity index (χ0v) is 20.3. The molecule has 1 aromatic heterocycles. The van der Waals surface area contributed by atoms with E-state index in [1.54, 1.807) is 25.2 Å². The van der Waals surface area contributed by atoms with Crippen molar-refractivity contribution in [3.63, 3.8) is 0 Å². The topological polar surface area (TPSA) is 100.0 Å². The maximum Gasteiger partial charge on any atom is 0.414 e. The van der Waals surface area contributed by atoms with Crippen LogP contribution in [0.1, 0.15) is 29.2 Å². The standard InChI is InChI=1S/C22H26FN5O4S2/c1-24-21(33)25-11-16-12-27(22(29)32-16)15-2-4-18(19(23)10-15)14-6-8-26(9-7-14)13-17-3-5-20(34-17)28(30)31/h2-5,10,14,16H,6-9,11-13H2,1H3,(H2,24,25,33). The van der Waals surface area contributed by atoms with Crippen molar-refractivity contribution in [2.24, 2.45) is 0 Å². The van der Waals surface area contributed by atoms with E-state index >= 15 is 4.39 Å². The normalized spacial score (nSPS) is 19.2. The summed E-state index contributed by atoms with van der Waals surface area (Å²) in [7, 11) is 1.70. The summed E-state index contributed by atoms with van der Waals surface area (Å²) < 4.78 is 20.4. The summed E-state index contributed by atoms with van der Waals surface area (Å²) in [5.41, 5.74) is 1.13. The third-order valence-electron chi connectivity index (χ3n) is 6.12. The van der Waals surface area contributed by atoms with Crippen molar-refractivity contribution in [2.75, 3.05) is 38.1 Å². The van der Waals surface area contributed by atoms with Crippen molar-refractivity contribution in [1.82, 2.24) is 15.5 Å². The highest BCUT2D eigenvalue weighted by molar-refractivity contribution is 7.80. The lowest BCUT2D eigenvalue weighted by Gasteiger charge is -2.32. The number of nitrogens with one attached hydrogen (secondary N) is 2. The third kappa shape index (κ3) is 5.62. The fraction of sp³-hybridized carbons (Fsp3) is 0.455. The van der Waals surface area contributed by atoms with Crippen LogP contribution in [0.5, 0.6) is 0 Å². The quantitative estimate of drug-likeness (QED) is 0.333. The Balaban J connectivity index is 1.32. The molecule has 9 nitrogen and oxygen atoms in total. The molecule has 1 aromatic carbocycles. The van der Waals surface area contributed by atoms with E-state index in [-0.39, 0.29) is 27.8 Å². The number of likely N-dealkylation sites (tertiary alicyclic amines) is 1. The van der Waals surface area contributed by atoms with E-state index in [1.165, 1.54) is 28.4 Å². The van der Waals surface area contributed by atoms with E-state index in [9.17, 15) is 14.9 Å². The predicted molar refractivity (Wildman–Crippen MR) is 132 cm³/mol. The van der Waals surface area contributed by atoms with E-state index < -0.39 is 6.09 Å². The minimum atomic E-state index is -0.503. The van der Waals surface area contributed by atoms with Crippen LogP contribution in [-0.2, 0) is 11.3 Å². The molecule has 4 rings (SSSR count). The Bertz CT molecular complexity index is 1070. The van der Waals surface area contributed by atoms with Crippen LogP contribution < -0.4 is 15.5 Å². The molecule has 2 aromatic rings. The second-order valence-electron chi connectivity index (χ2n) is 8.33. The van der Waals surface area contributed by atoms with Gasteiger partial charge in [0, 0.05) is 24.5 Å². The number of halogens is 1. The number of hydrogen-bond donors (Lipinski definition) is 2. The lowest BCUT2D eigenvalue weighted by molar-refractivity contribution is -0.380. The third-order valence-corrected chi connectivity index (χ3v) is 7.49. The van der Waals surface area contributed by atoms with Crippen molar-refractivity contribution in [3.05, 3.63) is 56.7 Å². The highest BCUT2D eigenvalue weighted by Gasteiger charge is 2.33. The Morgan fingerprint density at radius 1 is 1.32 bits per heavy atom.